The summed E-state index contributed by atoms with van der Waals surface area (Å²) in [6, 6.07) is 13.2. The van der Waals surface area contributed by atoms with Crippen molar-refractivity contribution in [2.24, 2.45) is 0 Å². The van der Waals surface area contributed by atoms with Gasteiger partial charge in [0, 0.05) is 18.0 Å². The highest BCUT2D eigenvalue weighted by Crippen LogP contribution is 2.23. The average molecular weight is 414 g/mol. The number of aryl methyl sites for hydroxylation is 1. The smallest absolute Gasteiger partial charge is 0.315 e. The van der Waals surface area contributed by atoms with Crippen molar-refractivity contribution in [1.29, 1.82) is 0 Å². The number of nitrogens with one attached hydrogen (secondary N) is 2. The van der Waals surface area contributed by atoms with Crippen LogP contribution in [-0.2, 0) is 19.6 Å². The van der Waals surface area contributed by atoms with Gasteiger partial charge in [-0.2, -0.15) is 0 Å². The summed E-state index contributed by atoms with van der Waals surface area (Å²) >= 11 is 1.53. The summed E-state index contributed by atoms with van der Waals surface area (Å²) in [6.07, 6.45) is 1.68. The number of hydrogen-bond donors (Lipinski definition) is 3. The van der Waals surface area contributed by atoms with Crippen LogP contribution in [0.25, 0.3) is 0 Å². The molecule has 2 amide bonds. The third kappa shape index (κ3) is 5.93. The zero-order valence-corrected chi connectivity index (χ0v) is 17.5. The predicted octanol–water partition coefficient (Wildman–Crippen LogP) is 3.81. The van der Waals surface area contributed by atoms with Crippen LogP contribution in [-0.4, -0.2) is 29.7 Å². The van der Waals surface area contributed by atoms with Gasteiger partial charge in [0.25, 0.3) is 0 Å². The number of rotatable bonds is 9. The van der Waals surface area contributed by atoms with Crippen LogP contribution in [0, 0.1) is 6.92 Å². The number of furan rings is 1. The van der Waals surface area contributed by atoms with E-state index in [1.807, 2.05) is 55.7 Å². The van der Waals surface area contributed by atoms with E-state index in [1.54, 1.807) is 6.26 Å². The Labute approximate surface area is 175 Å². The van der Waals surface area contributed by atoms with Gasteiger partial charge in [0.05, 0.1) is 25.5 Å². The zero-order valence-electron chi connectivity index (χ0n) is 16.7. The van der Waals surface area contributed by atoms with Gasteiger partial charge < -0.3 is 20.2 Å². The molecule has 2 heterocycles. The van der Waals surface area contributed by atoms with Crippen LogP contribution in [0.4, 0.5) is 4.79 Å². The fourth-order valence-electron chi connectivity index (χ4n) is 3.22. The normalized spacial score (nSPS) is 12.1. The number of carbonyl (C=O) groups is 1. The van der Waals surface area contributed by atoms with Crippen molar-refractivity contribution in [2.45, 2.75) is 32.6 Å². The number of benzene rings is 1. The van der Waals surface area contributed by atoms with Gasteiger partial charge in [0.15, 0.2) is 0 Å². The van der Waals surface area contributed by atoms with Crippen molar-refractivity contribution in [3.8, 4) is 0 Å². The van der Waals surface area contributed by atoms with Crippen molar-refractivity contribution < 1.29 is 14.3 Å². The molecule has 0 saturated heterocycles. The quantitative estimate of drug-likeness (QED) is 0.498. The molecule has 1 unspecified atom stereocenters. The van der Waals surface area contributed by atoms with Crippen LogP contribution in [0.1, 0.15) is 33.4 Å². The maximum Gasteiger partial charge on any atom is 0.315 e. The molecule has 7 heteroatoms. The van der Waals surface area contributed by atoms with Crippen LogP contribution in [0.5, 0.6) is 0 Å². The van der Waals surface area contributed by atoms with E-state index < -0.39 is 6.04 Å². The summed E-state index contributed by atoms with van der Waals surface area (Å²) in [7, 11) is 2.04. The second kappa shape index (κ2) is 10.2. The van der Waals surface area contributed by atoms with Crippen molar-refractivity contribution >= 4 is 17.4 Å². The number of nitrogens with zero attached hydrogens (tertiary/aromatic N) is 1. The summed E-state index contributed by atoms with van der Waals surface area (Å²) in [5.41, 5.74) is 3.27. The molecule has 0 fully saturated rings. The fraction of sp³-hybridized carbons (Fsp3) is 0.318. The molecule has 3 rings (SSSR count). The number of hydrogen-bond acceptors (Lipinski definition) is 5. The molecular formula is C22H27N3O3S. The van der Waals surface area contributed by atoms with Crippen LogP contribution in [0.3, 0.4) is 0 Å². The Morgan fingerprint density at radius 2 is 1.97 bits per heavy atom. The van der Waals surface area contributed by atoms with Gasteiger partial charge in [-0.3, -0.25) is 4.90 Å². The molecule has 0 bridgehead atoms. The number of amides is 2. The Morgan fingerprint density at radius 1 is 1.17 bits per heavy atom. The minimum absolute atomic E-state index is 0.136. The Morgan fingerprint density at radius 3 is 2.62 bits per heavy atom. The zero-order chi connectivity index (χ0) is 20.6. The summed E-state index contributed by atoms with van der Waals surface area (Å²) in [6.45, 7) is 3.71. The predicted molar refractivity (Wildman–Crippen MR) is 115 cm³/mol. The number of urea groups is 1. The van der Waals surface area contributed by atoms with Gasteiger partial charge in [-0.15, -0.1) is 11.3 Å². The summed E-state index contributed by atoms with van der Waals surface area (Å²) < 4.78 is 5.41. The Kier molecular flexibility index (Phi) is 7.46. The number of thiophene rings is 1. The first-order valence-electron chi connectivity index (χ1n) is 9.53. The largest absolute Gasteiger partial charge is 0.468 e. The second-order valence-electron chi connectivity index (χ2n) is 7.05. The molecule has 2 aromatic heterocycles. The van der Waals surface area contributed by atoms with Crippen molar-refractivity contribution in [3.63, 3.8) is 0 Å². The van der Waals surface area contributed by atoms with Crippen molar-refractivity contribution in [3.05, 3.63) is 81.4 Å². The lowest BCUT2D eigenvalue weighted by atomic mass is 10.1. The van der Waals surface area contributed by atoms with Gasteiger partial charge >= 0.3 is 6.03 Å². The Bertz CT molecular complexity index is 908. The molecule has 0 aliphatic rings. The SMILES string of the molecule is Cc1ccsc1C(CO)NC(=O)NCc1ccccc1CN(C)Cc1ccco1. The molecule has 6 nitrogen and oxygen atoms in total. The van der Waals surface area contributed by atoms with E-state index in [1.165, 1.54) is 11.3 Å². The molecule has 29 heavy (non-hydrogen) atoms. The van der Waals surface area contributed by atoms with Crippen LogP contribution in [0.15, 0.2) is 58.5 Å². The van der Waals surface area contributed by atoms with Gasteiger partial charge in [-0.1, -0.05) is 24.3 Å². The van der Waals surface area contributed by atoms with Gasteiger partial charge in [0.1, 0.15) is 5.76 Å². The molecule has 0 spiro atoms. The third-order valence-corrected chi connectivity index (χ3v) is 5.84. The first kappa shape index (κ1) is 21.1. The number of aliphatic hydroxyl groups excluding tert-OH is 1. The minimum atomic E-state index is -0.398. The van der Waals surface area contributed by atoms with E-state index in [-0.39, 0.29) is 12.6 Å². The molecule has 0 saturated carbocycles. The van der Waals surface area contributed by atoms with E-state index in [0.29, 0.717) is 13.1 Å². The highest BCUT2D eigenvalue weighted by molar-refractivity contribution is 7.10. The first-order valence-corrected chi connectivity index (χ1v) is 10.4. The molecule has 0 aliphatic heterocycles. The number of carbonyl (C=O) groups excluding carboxylic acids is 1. The van der Waals surface area contributed by atoms with E-state index in [0.717, 1.165) is 33.9 Å². The maximum atomic E-state index is 12.4. The summed E-state index contributed by atoms with van der Waals surface area (Å²) in [5.74, 6) is 0.918. The first-order chi connectivity index (χ1) is 14.1. The van der Waals surface area contributed by atoms with Crippen LogP contribution < -0.4 is 10.6 Å². The van der Waals surface area contributed by atoms with Gasteiger partial charge in [0.2, 0.25) is 0 Å². The maximum absolute atomic E-state index is 12.4. The second-order valence-corrected chi connectivity index (χ2v) is 8.00. The van der Waals surface area contributed by atoms with E-state index >= 15 is 0 Å². The molecule has 3 N–H and O–H groups in total. The molecule has 1 atom stereocenters. The van der Waals surface area contributed by atoms with Crippen molar-refractivity contribution in [1.82, 2.24) is 15.5 Å². The summed E-state index contributed by atoms with van der Waals surface area (Å²) in [5, 5.41) is 17.4. The number of aliphatic hydroxyl groups is 1. The van der Waals surface area contributed by atoms with Crippen LogP contribution >= 0.6 is 11.3 Å². The lowest BCUT2D eigenvalue weighted by Gasteiger charge is -2.19. The topological polar surface area (TPSA) is 77.7 Å². The Balaban J connectivity index is 1.56. The molecule has 1 aromatic carbocycles. The lowest BCUT2D eigenvalue weighted by molar-refractivity contribution is 0.217. The van der Waals surface area contributed by atoms with Crippen molar-refractivity contribution in [2.75, 3.05) is 13.7 Å². The van der Waals surface area contributed by atoms with E-state index in [2.05, 4.69) is 21.6 Å². The third-order valence-electron chi connectivity index (χ3n) is 4.71. The van der Waals surface area contributed by atoms with Gasteiger partial charge in [-0.05, 0) is 54.2 Å². The highest BCUT2D eigenvalue weighted by Gasteiger charge is 2.17. The molecule has 3 aromatic rings. The molecular weight excluding hydrogens is 386 g/mol. The molecule has 154 valence electrons. The highest BCUT2D eigenvalue weighted by atomic mass is 32.1. The van der Waals surface area contributed by atoms with Gasteiger partial charge in [-0.25, -0.2) is 4.79 Å². The lowest BCUT2D eigenvalue weighted by Crippen LogP contribution is -2.39. The fourth-order valence-corrected chi connectivity index (χ4v) is 4.19. The minimum Gasteiger partial charge on any atom is -0.468 e. The Hall–Kier alpha value is -2.61. The molecule has 0 radical (unpaired) electrons. The standard InChI is InChI=1S/C22H27N3O3S/c1-16-9-11-29-21(16)20(15-26)24-22(27)23-12-17-6-3-4-7-18(17)13-25(2)14-19-8-5-10-28-19/h3-11,20,26H,12-15H2,1-2H3,(H2,23,24,27). The van der Waals surface area contributed by atoms with E-state index in [9.17, 15) is 9.90 Å². The van der Waals surface area contributed by atoms with Crippen LogP contribution in [0.2, 0.25) is 0 Å². The molecule has 0 aliphatic carbocycles. The average Bonchev–Trinajstić information content (AvgIpc) is 3.37. The summed E-state index contributed by atoms with van der Waals surface area (Å²) in [4.78, 5) is 15.5. The van der Waals surface area contributed by atoms with E-state index in [4.69, 9.17) is 4.42 Å². The monoisotopic (exact) mass is 413 g/mol.